The first-order valence-corrected chi connectivity index (χ1v) is 10.7. The highest BCUT2D eigenvalue weighted by atomic mass is 16.2. The van der Waals surface area contributed by atoms with Gasteiger partial charge in [-0.3, -0.25) is 9.59 Å². The maximum atomic E-state index is 12.8. The molecule has 1 heterocycles. The summed E-state index contributed by atoms with van der Waals surface area (Å²) in [6, 6.07) is 25.6. The molecular weight excluding hydrogens is 386 g/mol. The molecule has 3 aromatic rings. The summed E-state index contributed by atoms with van der Waals surface area (Å²) in [6.45, 7) is 0.953. The Kier molecular flexibility index (Phi) is 6.62. The Hall–Kier alpha value is -3.60. The predicted octanol–water partition coefficient (Wildman–Crippen LogP) is 4.65. The van der Waals surface area contributed by atoms with Crippen LogP contribution < -0.4 is 15.5 Å². The minimum atomic E-state index is -0.0259. The van der Waals surface area contributed by atoms with Crippen molar-refractivity contribution in [3.8, 4) is 0 Å². The van der Waals surface area contributed by atoms with Crippen molar-refractivity contribution in [2.24, 2.45) is 0 Å². The molecule has 2 amide bonds. The molecule has 1 aliphatic heterocycles. The zero-order valence-electron chi connectivity index (χ0n) is 17.5. The van der Waals surface area contributed by atoms with Gasteiger partial charge in [-0.1, -0.05) is 54.6 Å². The molecule has 0 fully saturated rings. The van der Waals surface area contributed by atoms with Gasteiger partial charge < -0.3 is 15.5 Å². The molecule has 0 spiro atoms. The van der Waals surface area contributed by atoms with E-state index in [-0.39, 0.29) is 18.4 Å². The van der Waals surface area contributed by atoms with Gasteiger partial charge in [-0.05, 0) is 54.7 Å². The average molecular weight is 414 g/mol. The first-order chi connectivity index (χ1) is 15.2. The molecule has 0 atom stereocenters. The van der Waals surface area contributed by atoms with Crippen molar-refractivity contribution in [3.05, 3.63) is 90.0 Å². The van der Waals surface area contributed by atoms with E-state index >= 15 is 0 Å². The minimum Gasteiger partial charge on any atom is -0.376 e. The van der Waals surface area contributed by atoms with Crippen LogP contribution in [0.5, 0.6) is 0 Å². The first-order valence-electron chi connectivity index (χ1n) is 10.7. The van der Waals surface area contributed by atoms with Gasteiger partial charge in [0, 0.05) is 30.0 Å². The molecule has 0 bridgehead atoms. The van der Waals surface area contributed by atoms with Crippen molar-refractivity contribution < 1.29 is 9.59 Å². The Labute approximate surface area is 183 Å². The summed E-state index contributed by atoms with van der Waals surface area (Å²) in [5.74, 6) is 0.0199. The maximum absolute atomic E-state index is 12.8. The number of nitrogens with zero attached hydrogens (tertiary/aromatic N) is 1. The maximum Gasteiger partial charge on any atom is 0.246 e. The molecule has 1 aliphatic rings. The van der Waals surface area contributed by atoms with E-state index in [0.717, 1.165) is 42.0 Å². The highest BCUT2D eigenvalue weighted by molar-refractivity contribution is 5.97. The summed E-state index contributed by atoms with van der Waals surface area (Å²) in [6.07, 6.45) is 3.12. The number of anilines is 3. The molecule has 0 saturated carbocycles. The second-order valence-corrected chi connectivity index (χ2v) is 7.75. The molecule has 4 rings (SSSR count). The van der Waals surface area contributed by atoms with Crippen LogP contribution in [0.4, 0.5) is 17.1 Å². The Morgan fingerprint density at radius 2 is 1.65 bits per heavy atom. The smallest absolute Gasteiger partial charge is 0.246 e. The van der Waals surface area contributed by atoms with Crippen molar-refractivity contribution in [3.63, 3.8) is 0 Å². The molecule has 31 heavy (non-hydrogen) atoms. The van der Waals surface area contributed by atoms with E-state index in [1.54, 1.807) is 0 Å². The number of hydrogen-bond donors (Lipinski definition) is 2. The molecule has 158 valence electrons. The van der Waals surface area contributed by atoms with E-state index in [2.05, 4.69) is 16.7 Å². The van der Waals surface area contributed by atoms with E-state index in [1.807, 2.05) is 77.7 Å². The summed E-state index contributed by atoms with van der Waals surface area (Å²) in [4.78, 5) is 27.0. The van der Waals surface area contributed by atoms with E-state index in [1.165, 1.54) is 5.56 Å². The molecular formula is C26H27N3O2. The van der Waals surface area contributed by atoms with Crippen molar-refractivity contribution in [2.45, 2.75) is 25.7 Å². The topological polar surface area (TPSA) is 61.4 Å². The lowest BCUT2D eigenvalue weighted by molar-refractivity contribution is -0.117. The van der Waals surface area contributed by atoms with Gasteiger partial charge in [0.25, 0.3) is 0 Å². The number of fused-ring (bicyclic) bond motifs is 1. The van der Waals surface area contributed by atoms with E-state index in [0.29, 0.717) is 12.8 Å². The number of para-hydroxylation sites is 1. The molecule has 5 heteroatoms. The second kappa shape index (κ2) is 9.94. The van der Waals surface area contributed by atoms with Crippen LogP contribution in [0.3, 0.4) is 0 Å². The zero-order chi connectivity index (χ0) is 21.5. The lowest BCUT2D eigenvalue weighted by Crippen LogP contribution is -2.39. The number of nitrogens with one attached hydrogen (secondary N) is 2. The second-order valence-electron chi connectivity index (χ2n) is 7.75. The van der Waals surface area contributed by atoms with Gasteiger partial charge in [0.05, 0.1) is 6.54 Å². The molecule has 0 aromatic heterocycles. The highest BCUT2D eigenvalue weighted by Gasteiger charge is 2.21. The van der Waals surface area contributed by atoms with Gasteiger partial charge >= 0.3 is 0 Å². The molecule has 0 radical (unpaired) electrons. The standard InChI is InChI=1S/C26H27N3O2/c30-25(16-15-20-8-2-1-3-9-20)28-23-13-6-12-22(18-23)27-19-26(31)29-17-7-11-21-10-4-5-14-24(21)29/h1-6,8-10,12-14,18,27H,7,11,15-17,19H2,(H,28,30). The number of carbonyl (C=O) groups excluding carboxylic acids is 2. The van der Waals surface area contributed by atoms with Crippen LogP contribution in [0.2, 0.25) is 0 Å². The quantitative estimate of drug-likeness (QED) is 0.593. The van der Waals surface area contributed by atoms with Crippen LogP contribution in [-0.2, 0) is 22.4 Å². The fraction of sp³-hybridized carbons (Fsp3) is 0.231. The highest BCUT2D eigenvalue weighted by Crippen LogP contribution is 2.26. The molecule has 0 saturated heterocycles. The third-order valence-electron chi connectivity index (χ3n) is 5.48. The minimum absolute atomic E-state index is 0.0259. The molecule has 2 N–H and O–H groups in total. The number of carbonyl (C=O) groups is 2. The van der Waals surface area contributed by atoms with Crippen LogP contribution in [0.1, 0.15) is 24.0 Å². The summed E-state index contributed by atoms with van der Waals surface area (Å²) < 4.78 is 0. The number of benzene rings is 3. The monoisotopic (exact) mass is 413 g/mol. The van der Waals surface area contributed by atoms with Crippen molar-refractivity contribution in [1.82, 2.24) is 0 Å². The van der Waals surface area contributed by atoms with Gasteiger partial charge in [-0.2, -0.15) is 0 Å². The van der Waals surface area contributed by atoms with Crippen LogP contribution >= 0.6 is 0 Å². The third-order valence-corrected chi connectivity index (χ3v) is 5.48. The van der Waals surface area contributed by atoms with Crippen molar-refractivity contribution >= 4 is 28.9 Å². The van der Waals surface area contributed by atoms with Gasteiger partial charge in [0.1, 0.15) is 0 Å². The molecule has 5 nitrogen and oxygen atoms in total. The summed E-state index contributed by atoms with van der Waals surface area (Å²) in [7, 11) is 0. The number of rotatable bonds is 7. The van der Waals surface area contributed by atoms with E-state index in [4.69, 9.17) is 0 Å². The fourth-order valence-electron chi connectivity index (χ4n) is 3.90. The average Bonchev–Trinajstić information content (AvgIpc) is 2.82. The number of aryl methyl sites for hydroxylation is 2. The Bertz CT molecular complexity index is 1050. The summed E-state index contributed by atoms with van der Waals surface area (Å²) >= 11 is 0. The first kappa shape index (κ1) is 20.7. The summed E-state index contributed by atoms with van der Waals surface area (Å²) in [5, 5.41) is 6.14. The van der Waals surface area contributed by atoms with Gasteiger partial charge in [0.15, 0.2) is 0 Å². The van der Waals surface area contributed by atoms with Gasteiger partial charge in [-0.25, -0.2) is 0 Å². The zero-order valence-corrected chi connectivity index (χ0v) is 17.5. The van der Waals surface area contributed by atoms with Crippen LogP contribution in [0.15, 0.2) is 78.9 Å². The van der Waals surface area contributed by atoms with Crippen LogP contribution in [-0.4, -0.2) is 24.9 Å². The summed E-state index contributed by atoms with van der Waals surface area (Å²) in [5.41, 5.74) is 4.91. The number of amides is 2. The predicted molar refractivity (Wildman–Crippen MR) is 125 cm³/mol. The van der Waals surface area contributed by atoms with Crippen molar-refractivity contribution in [2.75, 3.05) is 28.6 Å². The van der Waals surface area contributed by atoms with Gasteiger partial charge in [-0.15, -0.1) is 0 Å². The molecule has 0 aliphatic carbocycles. The normalized spacial score (nSPS) is 12.7. The van der Waals surface area contributed by atoms with Crippen LogP contribution in [0.25, 0.3) is 0 Å². The van der Waals surface area contributed by atoms with Crippen LogP contribution in [0, 0.1) is 0 Å². The Morgan fingerprint density at radius 1 is 0.871 bits per heavy atom. The molecule has 0 unspecified atom stereocenters. The number of hydrogen-bond acceptors (Lipinski definition) is 3. The largest absolute Gasteiger partial charge is 0.376 e. The Balaban J connectivity index is 1.31. The Morgan fingerprint density at radius 3 is 2.52 bits per heavy atom. The van der Waals surface area contributed by atoms with Gasteiger partial charge in [0.2, 0.25) is 11.8 Å². The fourth-order valence-corrected chi connectivity index (χ4v) is 3.90. The third kappa shape index (κ3) is 5.51. The lowest BCUT2D eigenvalue weighted by atomic mass is 10.0. The SMILES string of the molecule is O=C(CCc1ccccc1)Nc1cccc(NCC(=O)N2CCCc3ccccc32)c1. The lowest BCUT2D eigenvalue weighted by Gasteiger charge is -2.29. The molecule has 3 aromatic carbocycles. The van der Waals surface area contributed by atoms with E-state index < -0.39 is 0 Å². The van der Waals surface area contributed by atoms with Crippen molar-refractivity contribution in [1.29, 1.82) is 0 Å². The van der Waals surface area contributed by atoms with E-state index in [9.17, 15) is 9.59 Å².